The van der Waals surface area contributed by atoms with Gasteiger partial charge in [0, 0.05) is 24.2 Å². The summed E-state index contributed by atoms with van der Waals surface area (Å²) in [5, 5.41) is 4.03. The number of unbranched alkanes of at least 4 members (excludes halogenated alkanes) is 2. The van der Waals surface area contributed by atoms with Gasteiger partial charge in [0.25, 0.3) is 0 Å². The Morgan fingerprint density at radius 2 is 1.42 bits per heavy atom. The lowest BCUT2D eigenvalue weighted by atomic mass is 9.87. The van der Waals surface area contributed by atoms with Crippen LogP contribution in [0.2, 0.25) is 0 Å². The molecule has 0 bridgehead atoms. The first-order chi connectivity index (χ1) is 17.0. The Morgan fingerprint density at radius 1 is 0.917 bits per heavy atom. The molecule has 0 fully saturated rings. The van der Waals surface area contributed by atoms with Crippen LogP contribution in [0.25, 0.3) is 0 Å². The zero-order valence-corrected chi connectivity index (χ0v) is 24.5. The summed E-state index contributed by atoms with van der Waals surface area (Å²) >= 11 is 0. The zero-order valence-electron chi connectivity index (χ0n) is 24.5. The normalized spacial score (nSPS) is 16.8. The van der Waals surface area contributed by atoms with Gasteiger partial charge in [0.15, 0.2) is 5.71 Å². The van der Waals surface area contributed by atoms with Crippen LogP contribution in [-0.2, 0) is 9.63 Å². The van der Waals surface area contributed by atoms with Gasteiger partial charge in [0.2, 0.25) is 0 Å². The van der Waals surface area contributed by atoms with Crippen LogP contribution in [-0.4, -0.2) is 30.5 Å². The van der Waals surface area contributed by atoms with Crippen molar-refractivity contribution in [2.24, 2.45) is 27.4 Å². The predicted octanol–water partition coefficient (Wildman–Crippen LogP) is 8.57. The fraction of sp³-hybridized carbons (Fsp3) is 0.710. The molecule has 0 amide bonds. The Balaban J connectivity index is 2.43. The molecule has 5 heteroatoms. The molecule has 0 saturated heterocycles. The topological polar surface area (TPSA) is 54.3 Å². The van der Waals surface area contributed by atoms with E-state index in [0.717, 1.165) is 29.9 Å². The third-order valence-electron chi connectivity index (χ3n) is 7.46. The zero-order chi connectivity index (χ0) is 26.9. The number of aliphatic imine (C=N–C) groups is 1. The van der Waals surface area contributed by atoms with E-state index in [1.54, 1.807) is 0 Å². The number of aryl methyl sites for hydroxylation is 2. The molecule has 2 rings (SSSR count). The summed E-state index contributed by atoms with van der Waals surface area (Å²) in [7, 11) is 0. The highest BCUT2D eigenvalue weighted by Gasteiger charge is 2.36. The van der Waals surface area contributed by atoms with Gasteiger partial charge in [-0.3, -0.25) is 0 Å². The minimum Gasteiger partial charge on any atom is -0.371 e. The molecular formula is C31H51N3O2. The summed E-state index contributed by atoms with van der Waals surface area (Å²) in [5.74, 6) is 0.939. The van der Waals surface area contributed by atoms with Crippen molar-refractivity contribution >= 4 is 28.8 Å². The van der Waals surface area contributed by atoms with Crippen LogP contribution in [0.4, 0.5) is 11.4 Å². The molecule has 5 nitrogen and oxygen atoms in total. The van der Waals surface area contributed by atoms with Gasteiger partial charge >= 0.3 is 5.97 Å². The molecule has 0 saturated carbocycles. The number of nitrogens with zero attached hydrogens (tertiary/aromatic N) is 3. The second-order valence-corrected chi connectivity index (χ2v) is 11.7. The van der Waals surface area contributed by atoms with E-state index in [2.05, 4.69) is 63.7 Å². The van der Waals surface area contributed by atoms with Crippen molar-refractivity contribution in [2.45, 2.75) is 114 Å². The largest absolute Gasteiger partial charge is 0.385 e. The Bertz CT molecular complexity index is 885. The lowest BCUT2D eigenvalue weighted by Crippen LogP contribution is -2.34. The third-order valence-corrected chi connectivity index (χ3v) is 7.46. The number of rotatable bonds is 14. The molecule has 0 aliphatic carbocycles. The minimum atomic E-state index is -0.465. The highest BCUT2D eigenvalue weighted by Crippen LogP contribution is 2.33. The van der Waals surface area contributed by atoms with Crippen molar-refractivity contribution in [3.63, 3.8) is 0 Å². The molecule has 1 aliphatic rings. The minimum absolute atomic E-state index is 0.315. The summed E-state index contributed by atoms with van der Waals surface area (Å²) in [4.78, 5) is 24.9. The number of hydrogen-bond acceptors (Lipinski definition) is 5. The van der Waals surface area contributed by atoms with Gasteiger partial charge in [-0.25, -0.2) is 9.79 Å². The lowest BCUT2D eigenvalue weighted by Gasteiger charge is -2.33. The number of benzene rings is 1. The Morgan fingerprint density at radius 3 is 1.83 bits per heavy atom. The molecule has 0 aromatic heterocycles. The average molecular weight is 498 g/mol. The van der Waals surface area contributed by atoms with Crippen LogP contribution in [0.3, 0.4) is 0 Å². The van der Waals surface area contributed by atoms with Crippen LogP contribution >= 0.6 is 0 Å². The summed E-state index contributed by atoms with van der Waals surface area (Å²) in [6.07, 6.45) is 10.1. The SMILES string of the molecule is CCCCC(CC)CN(CC(CC)CCCC)c1cc(C)c(N=C2C(=O)ON=C2C(C)(C)C)c(C)c1. The van der Waals surface area contributed by atoms with E-state index in [1.165, 1.54) is 57.1 Å². The van der Waals surface area contributed by atoms with Gasteiger partial charge in [0.1, 0.15) is 5.71 Å². The molecule has 1 aliphatic heterocycles. The van der Waals surface area contributed by atoms with Crippen LogP contribution in [0, 0.1) is 31.1 Å². The molecule has 1 aromatic carbocycles. The molecular weight excluding hydrogens is 446 g/mol. The van der Waals surface area contributed by atoms with Gasteiger partial charge in [-0.1, -0.05) is 92.1 Å². The summed E-state index contributed by atoms with van der Waals surface area (Å²) in [6.45, 7) is 21.7. The fourth-order valence-electron chi connectivity index (χ4n) is 5.01. The van der Waals surface area contributed by atoms with Crippen LogP contribution in [0.1, 0.15) is 111 Å². The van der Waals surface area contributed by atoms with Crippen molar-refractivity contribution in [1.29, 1.82) is 0 Å². The van der Waals surface area contributed by atoms with Crippen molar-refractivity contribution in [2.75, 3.05) is 18.0 Å². The van der Waals surface area contributed by atoms with E-state index >= 15 is 0 Å². The fourth-order valence-corrected chi connectivity index (χ4v) is 5.01. The molecule has 36 heavy (non-hydrogen) atoms. The van der Waals surface area contributed by atoms with Crippen molar-refractivity contribution in [3.8, 4) is 0 Å². The maximum absolute atomic E-state index is 12.4. The second kappa shape index (κ2) is 13.9. The number of carbonyl (C=O) groups is 1. The highest BCUT2D eigenvalue weighted by atomic mass is 16.7. The summed E-state index contributed by atoms with van der Waals surface area (Å²) in [6, 6.07) is 4.53. The summed E-state index contributed by atoms with van der Waals surface area (Å²) < 4.78 is 0. The van der Waals surface area contributed by atoms with E-state index in [9.17, 15) is 4.79 Å². The number of hydrogen-bond donors (Lipinski definition) is 0. The Hall–Kier alpha value is -2.17. The molecule has 0 radical (unpaired) electrons. The average Bonchev–Trinajstić information content (AvgIpc) is 3.20. The van der Waals surface area contributed by atoms with Gasteiger partial charge in [-0.05, 0) is 61.8 Å². The van der Waals surface area contributed by atoms with E-state index in [-0.39, 0.29) is 5.41 Å². The van der Waals surface area contributed by atoms with Crippen molar-refractivity contribution in [3.05, 3.63) is 23.3 Å². The monoisotopic (exact) mass is 497 g/mol. The van der Waals surface area contributed by atoms with Gasteiger partial charge < -0.3 is 9.74 Å². The predicted molar refractivity (Wildman–Crippen MR) is 155 cm³/mol. The Kier molecular flexibility index (Phi) is 11.6. The standard InChI is InChI=1S/C31H51N3O2/c1-10-14-16-24(12-3)20-34(21-25(13-4)17-15-11-2)26-18-22(5)27(23(6)19-26)32-28-29(31(7,8)9)33-36-30(28)35/h18-19,24-25H,10-17,20-21H2,1-9H3. The number of anilines is 1. The molecule has 202 valence electrons. The van der Waals surface area contributed by atoms with Gasteiger partial charge in [0.05, 0.1) is 5.69 Å². The van der Waals surface area contributed by atoms with Gasteiger partial charge in [-0.15, -0.1) is 0 Å². The Labute approximate surface area is 220 Å². The van der Waals surface area contributed by atoms with E-state index in [4.69, 9.17) is 9.83 Å². The van der Waals surface area contributed by atoms with E-state index < -0.39 is 5.97 Å². The van der Waals surface area contributed by atoms with Crippen molar-refractivity contribution < 1.29 is 9.63 Å². The van der Waals surface area contributed by atoms with Gasteiger partial charge in [-0.2, -0.15) is 0 Å². The quantitative estimate of drug-likeness (QED) is 0.242. The summed E-state index contributed by atoms with van der Waals surface area (Å²) in [5.41, 5.74) is 4.91. The van der Waals surface area contributed by atoms with Crippen LogP contribution in [0.5, 0.6) is 0 Å². The first-order valence-electron chi connectivity index (χ1n) is 14.3. The number of oxime groups is 1. The molecule has 0 N–H and O–H groups in total. The molecule has 2 unspecified atom stereocenters. The maximum atomic E-state index is 12.4. The van der Waals surface area contributed by atoms with Crippen LogP contribution < -0.4 is 4.90 Å². The van der Waals surface area contributed by atoms with Crippen LogP contribution in [0.15, 0.2) is 22.3 Å². The molecule has 2 atom stereocenters. The lowest BCUT2D eigenvalue weighted by molar-refractivity contribution is -0.134. The maximum Gasteiger partial charge on any atom is 0.385 e. The first kappa shape index (κ1) is 30.1. The first-order valence-corrected chi connectivity index (χ1v) is 14.3. The molecule has 1 aromatic rings. The highest BCUT2D eigenvalue weighted by molar-refractivity contribution is 6.68. The second-order valence-electron chi connectivity index (χ2n) is 11.7. The number of carbonyl (C=O) groups excluding carboxylic acids is 1. The third kappa shape index (κ3) is 8.18. The molecule has 0 spiro atoms. The van der Waals surface area contributed by atoms with E-state index in [1.807, 2.05) is 20.8 Å². The molecule has 1 heterocycles. The smallest absolute Gasteiger partial charge is 0.371 e. The van der Waals surface area contributed by atoms with Crippen molar-refractivity contribution in [1.82, 2.24) is 0 Å². The van der Waals surface area contributed by atoms with E-state index in [0.29, 0.717) is 23.3 Å².